The maximum absolute atomic E-state index is 12.4. The number of carboxylic acids is 1. The second kappa shape index (κ2) is 7.31. The number of piperidine rings is 1. The molecule has 20 heavy (non-hydrogen) atoms. The van der Waals surface area contributed by atoms with Crippen LogP contribution in [-0.4, -0.2) is 53.1 Å². The van der Waals surface area contributed by atoms with Gasteiger partial charge in [0.05, 0.1) is 5.41 Å². The lowest BCUT2D eigenvalue weighted by Gasteiger charge is -2.41. The molecule has 1 N–H and O–H groups in total. The summed E-state index contributed by atoms with van der Waals surface area (Å²) in [6, 6.07) is -0.0752. The van der Waals surface area contributed by atoms with E-state index in [-0.39, 0.29) is 6.03 Å². The number of amides is 2. The summed E-state index contributed by atoms with van der Waals surface area (Å²) in [5.74, 6) is -0.774. The van der Waals surface area contributed by atoms with Crippen LogP contribution in [0.4, 0.5) is 4.79 Å². The first kappa shape index (κ1) is 16.5. The molecular weight excluding hydrogens is 256 g/mol. The van der Waals surface area contributed by atoms with Crippen molar-refractivity contribution in [3.05, 3.63) is 12.7 Å². The topological polar surface area (TPSA) is 60.9 Å². The Morgan fingerprint density at radius 2 is 2.15 bits per heavy atom. The molecule has 0 aromatic rings. The lowest BCUT2D eigenvalue weighted by molar-refractivity contribution is -0.152. The third-order valence-corrected chi connectivity index (χ3v) is 4.03. The highest BCUT2D eigenvalue weighted by molar-refractivity contribution is 5.79. The van der Waals surface area contributed by atoms with Crippen molar-refractivity contribution in [2.24, 2.45) is 5.41 Å². The Morgan fingerprint density at radius 1 is 1.45 bits per heavy atom. The zero-order valence-electron chi connectivity index (χ0n) is 12.6. The highest BCUT2D eigenvalue weighted by atomic mass is 16.4. The Bertz CT molecular complexity index is 366. The summed E-state index contributed by atoms with van der Waals surface area (Å²) < 4.78 is 0. The van der Waals surface area contributed by atoms with Crippen molar-refractivity contribution >= 4 is 12.0 Å². The number of rotatable bonds is 6. The van der Waals surface area contributed by atoms with Gasteiger partial charge in [-0.05, 0) is 26.2 Å². The van der Waals surface area contributed by atoms with Gasteiger partial charge in [-0.2, -0.15) is 0 Å². The number of nitrogens with zero attached hydrogens (tertiary/aromatic N) is 2. The predicted octanol–water partition coefficient (Wildman–Crippen LogP) is 2.58. The van der Waals surface area contributed by atoms with Crippen LogP contribution < -0.4 is 0 Å². The van der Waals surface area contributed by atoms with Crippen LogP contribution in [-0.2, 0) is 4.79 Å². The van der Waals surface area contributed by atoms with Crippen molar-refractivity contribution in [3.63, 3.8) is 0 Å². The van der Waals surface area contributed by atoms with E-state index in [4.69, 9.17) is 0 Å². The van der Waals surface area contributed by atoms with Crippen LogP contribution in [0.2, 0.25) is 0 Å². The molecule has 1 rings (SSSR count). The van der Waals surface area contributed by atoms with Crippen LogP contribution in [0.25, 0.3) is 0 Å². The summed E-state index contributed by atoms with van der Waals surface area (Å²) in [7, 11) is 0. The zero-order chi connectivity index (χ0) is 15.2. The number of carbonyl (C=O) groups is 2. The SMILES string of the molecule is C=CCN(CC)C(=O)N1CCCC(CCC)(C(=O)O)C1. The Morgan fingerprint density at radius 3 is 2.65 bits per heavy atom. The average Bonchev–Trinajstić information content (AvgIpc) is 2.44. The molecule has 0 aromatic heterocycles. The molecule has 0 bridgehead atoms. The number of carbonyl (C=O) groups excluding carboxylic acids is 1. The zero-order valence-corrected chi connectivity index (χ0v) is 12.6. The van der Waals surface area contributed by atoms with Gasteiger partial charge in [-0.3, -0.25) is 4.79 Å². The summed E-state index contributed by atoms with van der Waals surface area (Å²) in [4.78, 5) is 27.5. The predicted molar refractivity (Wildman–Crippen MR) is 78.6 cm³/mol. The molecule has 1 heterocycles. The fourth-order valence-electron chi connectivity index (χ4n) is 2.96. The summed E-state index contributed by atoms with van der Waals surface area (Å²) in [6.45, 7) is 9.63. The number of likely N-dealkylation sites (tertiary alicyclic amines) is 1. The smallest absolute Gasteiger partial charge is 0.320 e. The molecule has 1 fully saturated rings. The van der Waals surface area contributed by atoms with E-state index in [9.17, 15) is 14.7 Å². The van der Waals surface area contributed by atoms with Crippen molar-refractivity contribution in [1.29, 1.82) is 0 Å². The molecule has 0 spiro atoms. The second-order valence-corrected chi connectivity index (χ2v) is 5.47. The fourth-order valence-corrected chi connectivity index (χ4v) is 2.96. The summed E-state index contributed by atoms with van der Waals surface area (Å²) in [5, 5.41) is 9.55. The maximum Gasteiger partial charge on any atom is 0.320 e. The largest absolute Gasteiger partial charge is 0.481 e. The Kier molecular flexibility index (Phi) is 6.05. The van der Waals surface area contributed by atoms with E-state index >= 15 is 0 Å². The van der Waals surface area contributed by atoms with Gasteiger partial charge >= 0.3 is 12.0 Å². The number of carboxylic acid groups (broad SMARTS) is 1. The molecule has 0 saturated carbocycles. The van der Waals surface area contributed by atoms with Crippen LogP contribution in [0, 0.1) is 5.41 Å². The molecule has 114 valence electrons. The molecule has 1 aliphatic rings. The first-order valence-electron chi connectivity index (χ1n) is 7.39. The second-order valence-electron chi connectivity index (χ2n) is 5.47. The summed E-state index contributed by atoms with van der Waals surface area (Å²) in [5.41, 5.74) is -0.768. The Balaban J connectivity index is 2.83. The first-order chi connectivity index (χ1) is 9.50. The molecular formula is C15H26N2O3. The minimum Gasteiger partial charge on any atom is -0.481 e. The highest BCUT2D eigenvalue weighted by Gasteiger charge is 2.43. The van der Waals surface area contributed by atoms with Crippen molar-refractivity contribution < 1.29 is 14.7 Å². The fraction of sp³-hybridized carbons (Fsp3) is 0.733. The van der Waals surface area contributed by atoms with Gasteiger partial charge in [0, 0.05) is 26.2 Å². The van der Waals surface area contributed by atoms with Gasteiger partial charge in [-0.25, -0.2) is 4.79 Å². The van der Waals surface area contributed by atoms with Gasteiger partial charge in [-0.15, -0.1) is 6.58 Å². The van der Waals surface area contributed by atoms with Crippen molar-refractivity contribution in [2.45, 2.75) is 39.5 Å². The Hall–Kier alpha value is -1.52. The van der Waals surface area contributed by atoms with E-state index in [1.165, 1.54) is 0 Å². The minimum absolute atomic E-state index is 0.0752. The van der Waals surface area contributed by atoms with Crippen molar-refractivity contribution in [1.82, 2.24) is 9.80 Å². The maximum atomic E-state index is 12.4. The van der Waals surface area contributed by atoms with Gasteiger partial charge in [0.15, 0.2) is 0 Å². The molecule has 0 radical (unpaired) electrons. The van der Waals surface area contributed by atoms with Gasteiger partial charge < -0.3 is 14.9 Å². The number of aliphatic carboxylic acids is 1. The van der Waals surface area contributed by atoms with E-state index < -0.39 is 11.4 Å². The van der Waals surface area contributed by atoms with Gasteiger partial charge in [0.25, 0.3) is 0 Å². The number of hydrogen-bond acceptors (Lipinski definition) is 2. The van der Waals surface area contributed by atoms with E-state index in [0.29, 0.717) is 39.0 Å². The van der Waals surface area contributed by atoms with Crippen molar-refractivity contribution in [2.75, 3.05) is 26.2 Å². The van der Waals surface area contributed by atoms with Crippen LogP contribution in [0.1, 0.15) is 39.5 Å². The van der Waals surface area contributed by atoms with Crippen LogP contribution in [0.3, 0.4) is 0 Å². The molecule has 2 amide bonds. The van der Waals surface area contributed by atoms with E-state index in [0.717, 1.165) is 12.8 Å². The summed E-state index contributed by atoms with van der Waals surface area (Å²) >= 11 is 0. The third-order valence-electron chi connectivity index (χ3n) is 4.03. The lowest BCUT2D eigenvalue weighted by Crippen LogP contribution is -2.53. The lowest BCUT2D eigenvalue weighted by atomic mass is 9.76. The van der Waals surface area contributed by atoms with Crippen LogP contribution in [0.5, 0.6) is 0 Å². The molecule has 5 heteroatoms. The van der Waals surface area contributed by atoms with E-state index in [1.54, 1.807) is 15.9 Å². The number of urea groups is 1. The molecule has 1 atom stereocenters. The number of likely N-dealkylation sites (N-methyl/N-ethyl adjacent to an activating group) is 1. The first-order valence-corrected chi connectivity index (χ1v) is 7.39. The molecule has 1 saturated heterocycles. The molecule has 1 aliphatic heterocycles. The Labute approximate surface area is 121 Å². The van der Waals surface area contributed by atoms with Crippen molar-refractivity contribution in [3.8, 4) is 0 Å². The molecule has 5 nitrogen and oxygen atoms in total. The normalized spacial score (nSPS) is 22.4. The average molecular weight is 282 g/mol. The molecule has 1 unspecified atom stereocenters. The quantitative estimate of drug-likeness (QED) is 0.762. The van der Waals surface area contributed by atoms with Crippen LogP contribution >= 0.6 is 0 Å². The van der Waals surface area contributed by atoms with E-state index in [2.05, 4.69) is 6.58 Å². The standard InChI is InChI=1S/C15H26N2O3/c1-4-8-15(13(18)19)9-7-11-17(12-15)14(20)16(6-3)10-5-2/h5H,2,4,6-12H2,1,3H3,(H,18,19). The molecule has 0 aromatic carbocycles. The third kappa shape index (κ3) is 3.52. The highest BCUT2D eigenvalue weighted by Crippen LogP contribution is 2.35. The molecule has 0 aliphatic carbocycles. The van der Waals surface area contributed by atoms with E-state index in [1.807, 2.05) is 13.8 Å². The van der Waals surface area contributed by atoms with Gasteiger partial charge in [0.1, 0.15) is 0 Å². The summed E-state index contributed by atoms with van der Waals surface area (Å²) in [6.07, 6.45) is 4.55. The van der Waals surface area contributed by atoms with Gasteiger partial charge in [-0.1, -0.05) is 19.4 Å². The van der Waals surface area contributed by atoms with Gasteiger partial charge in [0.2, 0.25) is 0 Å². The monoisotopic (exact) mass is 282 g/mol. The minimum atomic E-state index is -0.774. The van der Waals surface area contributed by atoms with Crippen LogP contribution in [0.15, 0.2) is 12.7 Å². The number of hydrogen-bond donors (Lipinski definition) is 1.